The van der Waals surface area contributed by atoms with E-state index in [0.29, 0.717) is 5.91 Å². The van der Waals surface area contributed by atoms with Crippen molar-refractivity contribution >= 4 is 11.9 Å². The first-order valence-corrected chi connectivity index (χ1v) is 7.14. The molecule has 2 saturated carbocycles. The molecule has 1 heterocycles. The third kappa shape index (κ3) is 1.91. The van der Waals surface area contributed by atoms with Crippen LogP contribution >= 0.6 is 0 Å². The van der Waals surface area contributed by atoms with Crippen LogP contribution in [0.5, 0.6) is 0 Å². The van der Waals surface area contributed by atoms with Gasteiger partial charge >= 0.3 is 5.97 Å². The quantitative estimate of drug-likeness (QED) is 0.815. The second-order valence-corrected chi connectivity index (χ2v) is 6.26. The second-order valence-electron chi connectivity index (χ2n) is 6.26. The van der Waals surface area contributed by atoms with E-state index in [9.17, 15) is 9.59 Å². The summed E-state index contributed by atoms with van der Waals surface area (Å²) in [7, 11) is 0. The molecule has 0 aromatic rings. The van der Waals surface area contributed by atoms with Gasteiger partial charge in [-0.2, -0.15) is 0 Å². The van der Waals surface area contributed by atoms with E-state index in [1.54, 1.807) is 0 Å². The lowest BCUT2D eigenvalue weighted by Crippen LogP contribution is -2.42. The molecule has 3 rings (SSSR count). The Labute approximate surface area is 107 Å². The van der Waals surface area contributed by atoms with E-state index < -0.39 is 5.97 Å². The summed E-state index contributed by atoms with van der Waals surface area (Å²) < 4.78 is 0. The van der Waals surface area contributed by atoms with Crippen molar-refractivity contribution in [2.24, 2.45) is 17.3 Å². The van der Waals surface area contributed by atoms with Gasteiger partial charge in [0.2, 0.25) is 5.91 Å². The molecule has 1 N–H and O–H groups in total. The predicted octanol–water partition coefficient (Wildman–Crippen LogP) is 1.89. The molecule has 1 amide bonds. The maximum atomic E-state index is 12.3. The monoisotopic (exact) mass is 251 g/mol. The summed E-state index contributed by atoms with van der Waals surface area (Å²) in [5.41, 5.74) is 0.0400. The fourth-order valence-corrected chi connectivity index (χ4v) is 3.85. The highest BCUT2D eigenvalue weighted by molar-refractivity contribution is 5.79. The average Bonchev–Trinajstić information content (AvgIpc) is 2.84. The number of carbonyl (C=O) groups excluding carboxylic acids is 1. The van der Waals surface area contributed by atoms with Crippen molar-refractivity contribution in [2.45, 2.75) is 44.9 Å². The Morgan fingerprint density at radius 1 is 1.11 bits per heavy atom. The maximum Gasteiger partial charge on any atom is 0.307 e. The van der Waals surface area contributed by atoms with Crippen molar-refractivity contribution in [1.29, 1.82) is 0 Å². The van der Waals surface area contributed by atoms with Gasteiger partial charge in [0, 0.05) is 19.0 Å². The third-order valence-corrected chi connectivity index (χ3v) is 5.26. The largest absolute Gasteiger partial charge is 0.481 e. The van der Waals surface area contributed by atoms with Gasteiger partial charge in [-0.3, -0.25) is 9.59 Å². The molecule has 18 heavy (non-hydrogen) atoms. The molecular weight excluding hydrogens is 230 g/mol. The highest BCUT2D eigenvalue weighted by Crippen LogP contribution is 2.59. The summed E-state index contributed by atoms with van der Waals surface area (Å²) in [6, 6.07) is 0. The molecule has 0 radical (unpaired) electrons. The van der Waals surface area contributed by atoms with Crippen molar-refractivity contribution in [3.8, 4) is 0 Å². The zero-order valence-corrected chi connectivity index (χ0v) is 10.7. The minimum Gasteiger partial charge on any atom is -0.481 e. The molecule has 1 aliphatic heterocycles. The van der Waals surface area contributed by atoms with Crippen LogP contribution in [0.3, 0.4) is 0 Å². The van der Waals surface area contributed by atoms with Crippen LogP contribution in [0.1, 0.15) is 44.9 Å². The van der Waals surface area contributed by atoms with Crippen LogP contribution in [0.15, 0.2) is 0 Å². The van der Waals surface area contributed by atoms with Gasteiger partial charge in [0.1, 0.15) is 0 Å². The molecule has 1 unspecified atom stereocenters. The van der Waals surface area contributed by atoms with Crippen molar-refractivity contribution in [2.75, 3.05) is 13.1 Å². The first kappa shape index (κ1) is 12.0. The fraction of sp³-hybridized carbons (Fsp3) is 0.857. The number of hydrogen-bond acceptors (Lipinski definition) is 2. The first-order valence-electron chi connectivity index (χ1n) is 7.14. The molecular formula is C14H21NO3. The Bertz CT molecular complexity index is 365. The van der Waals surface area contributed by atoms with Gasteiger partial charge in [-0.05, 0) is 37.5 Å². The minimum atomic E-state index is -0.648. The van der Waals surface area contributed by atoms with Crippen molar-refractivity contribution in [3.63, 3.8) is 0 Å². The Hall–Kier alpha value is -1.06. The molecule has 4 heteroatoms. The van der Waals surface area contributed by atoms with E-state index in [0.717, 1.165) is 45.2 Å². The van der Waals surface area contributed by atoms with Crippen LogP contribution < -0.4 is 0 Å². The summed E-state index contributed by atoms with van der Waals surface area (Å²) in [4.78, 5) is 25.2. The molecule has 3 fully saturated rings. The van der Waals surface area contributed by atoms with E-state index in [4.69, 9.17) is 5.11 Å². The zero-order chi connectivity index (χ0) is 12.8. The Balaban J connectivity index is 1.54. The number of likely N-dealkylation sites (tertiary alicyclic amines) is 1. The lowest BCUT2D eigenvalue weighted by molar-refractivity contribution is -0.140. The smallest absolute Gasteiger partial charge is 0.307 e. The highest BCUT2D eigenvalue weighted by atomic mass is 16.4. The summed E-state index contributed by atoms with van der Waals surface area (Å²) in [5, 5.41) is 9.04. The predicted molar refractivity (Wildman–Crippen MR) is 65.9 cm³/mol. The topological polar surface area (TPSA) is 57.6 Å². The minimum absolute atomic E-state index is 0.0400. The number of rotatable bonds is 2. The number of carbonyl (C=O) groups is 2. The molecule has 4 nitrogen and oxygen atoms in total. The number of piperidine rings is 1. The van der Waals surface area contributed by atoms with Crippen LogP contribution in [-0.4, -0.2) is 35.0 Å². The van der Waals surface area contributed by atoms with Gasteiger partial charge in [-0.25, -0.2) is 0 Å². The molecule has 1 spiro atoms. The van der Waals surface area contributed by atoms with Crippen molar-refractivity contribution in [3.05, 3.63) is 0 Å². The molecule has 1 saturated heterocycles. The van der Waals surface area contributed by atoms with Gasteiger partial charge in [-0.1, -0.05) is 12.8 Å². The maximum absolute atomic E-state index is 12.3. The molecule has 0 aromatic heterocycles. The van der Waals surface area contributed by atoms with Crippen molar-refractivity contribution < 1.29 is 14.7 Å². The van der Waals surface area contributed by atoms with Gasteiger partial charge in [-0.15, -0.1) is 0 Å². The lowest BCUT2D eigenvalue weighted by atomic mass is 9.90. The summed E-state index contributed by atoms with van der Waals surface area (Å²) in [6.07, 6.45) is 7.10. The fourth-order valence-electron chi connectivity index (χ4n) is 3.85. The number of aliphatic carboxylic acids is 1. The van der Waals surface area contributed by atoms with Crippen LogP contribution in [0, 0.1) is 17.3 Å². The highest BCUT2D eigenvalue weighted by Gasteiger charge is 2.59. The standard InChI is InChI=1S/C14H21NO3/c16-12(10-3-1-2-4-10)15-7-5-14(6-8-15)9-11(14)13(17)18/h10-11H,1-9H2,(H,17,18). The summed E-state index contributed by atoms with van der Waals surface area (Å²) in [6.45, 7) is 1.55. The normalized spacial score (nSPS) is 30.7. The summed E-state index contributed by atoms with van der Waals surface area (Å²) in [5.74, 6) is -0.199. The Kier molecular flexibility index (Phi) is 2.83. The molecule has 2 aliphatic carbocycles. The van der Waals surface area contributed by atoms with E-state index in [-0.39, 0.29) is 17.3 Å². The van der Waals surface area contributed by atoms with Gasteiger partial charge in [0.05, 0.1) is 5.92 Å². The van der Waals surface area contributed by atoms with Gasteiger partial charge in [0.25, 0.3) is 0 Å². The zero-order valence-electron chi connectivity index (χ0n) is 10.7. The van der Waals surface area contributed by atoms with E-state index in [1.807, 2.05) is 4.90 Å². The number of carboxylic acid groups (broad SMARTS) is 1. The summed E-state index contributed by atoms with van der Waals surface area (Å²) >= 11 is 0. The van der Waals surface area contributed by atoms with Crippen LogP contribution in [-0.2, 0) is 9.59 Å². The second kappa shape index (κ2) is 4.25. The molecule has 0 aromatic carbocycles. The van der Waals surface area contributed by atoms with Gasteiger partial charge < -0.3 is 10.0 Å². The first-order chi connectivity index (χ1) is 8.62. The lowest BCUT2D eigenvalue weighted by Gasteiger charge is -2.34. The number of hydrogen-bond donors (Lipinski definition) is 1. The van der Waals surface area contributed by atoms with E-state index in [1.165, 1.54) is 12.8 Å². The van der Waals surface area contributed by atoms with Crippen LogP contribution in [0.2, 0.25) is 0 Å². The average molecular weight is 251 g/mol. The Morgan fingerprint density at radius 3 is 2.22 bits per heavy atom. The SMILES string of the molecule is O=C(O)C1CC12CCN(C(=O)C1CCCC1)CC2. The number of nitrogens with zero attached hydrogens (tertiary/aromatic N) is 1. The molecule has 100 valence electrons. The number of carboxylic acids is 1. The Morgan fingerprint density at radius 2 is 1.72 bits per heavy atom. The third-order valence-electron chi connectivity index (χ3n) is 5.26. The van der Waals surface area contributed by atoms with Crippen molar-refractivity contribution in [1.82, 2.24) is 4.90 Å². The van der Waals surface area contributed by atoms with Crippen LogP contribution in [0.25, 0.3) is 0 Å². The molecule has 1 atom stereocenters. The molecule has 3 aliphatic rings. The van der Waals surface area contributed by atoms with Gasteiger partial charge in [0.15, 0.2) is 0 Å². The van der Waals surface area contributed by atoms with E-state index in [2.05, 4.69) is 0 Å². The van der Waals surface area contributed by atoms with E-state index >= 15 is 0 Å². The van der Waals surface area contributed by atoms with Crippen LogP contribution in [0.4, 0.5) is 0 Å². The molecule has 0 bridgehead atoms. The number of amides is 1.